The molecule has 9 heteroatoms. The number of nitrogens with zero attached hydrogens (tertiary/aromatic N) is 4. The molecular weight excluding hydrogens is 354 g/mol. The van der Waals surface area contributed by atoms with E-state index in [9.17, 15) is 13.2 Å². The number of hydrogen-bond acceptors (Lipinski definition) is 7. The predicted molar refractivity (Wildman–Crippen MR) is 96.6 cm³/mol. The minimum atomic E-state index is -3.01. The first-order valence-corrected chi connectivity index (χ1v) is 9.77. The maximum Gasteiger partial charge on any atom is 0.274 e. The number of nitrogens with one attached hydrogen (secondary N) is 1. The van der Waals surface area contributed by atoms with Crippen LogP contribution in [-0.4, -0.2) is 48.9 Å². The lowest BCUT2D eigenvalue weighted by molar-refractivity contribution is 0.102. The molecule has 1 aromatic heterocycles. The fourth-order valence-corrected chi connectivity index (χ4v) is 4.53. The van der Waals surface area contributed by atoms with Gasteiger partial charge in [-0.3, -0.25) is 4.79 Å². The Balaban J connectivity index is 1.73. The Morgan fingerprint density at radius 2 is 2.04 bits per heavy atom. The maximum atomic E-state index is 12.4. The molecule has 2 heterocycles. The lowest BCUT2D eigenvalue weighted by atomic mass is 10.2. The number of hydrogen-bond donors (Lipinski definition) is 1. The lowest BCUT2D eigenvalue weighted by Gasteiger charge is -2.24. The van der Waals surface area contributed by atoms with Crippen molar-refractivity contribution >= 4 is 27.2 Å². The number of carbonyl (C=O) groups excluding carboxylic acids is 1. The molecule has 1 aliphatic rings. The van der Waals surface area contributed by atoms with Gasteiger partial charge in [0.2, 0.25) is 0 Å². The van der Waals surface area contributed by atoms with E-state index in [1.54, 1.807) is 36.2 Å². The molecule has 1 saturated heterocycles. The van der Waals surface area contributed by atoms with Crippen LogP contribution < -0.4 is 10.2 Å². The fraction of sp³-hybridized carbons (Fsp3) is 0.294. The smallest absolute Gasteiger partial charge is 0.274 e. The summed E-state index contributed by atoms with van der Waals surface area (Å²) in [7, 11) is -1.25. The van der Waals surface area contributed by atoms with E-state index in [-0.39, 0.29) is 23.2 Å². The van der Waals surface area contributed by atoms with Gasteiger partial charge in [-0.1, -0.05) is 0 Å². The fourth-order valence-electron chi connectivity index (χ4n) is 2.76. The monoisotopic (exact) mass is 371 g/mol. The van der Waals surface area contributed by atoms with Crippen LogP contribution in [0.1, 0.15) is 22.5 Å². The molecule has 0 saturated carbocycles. The Kier molecular flexibility index (Phi) is 4.86. The van der Waals surface area contributed by atoms with Crippen LogP contribution in [0, 0.1) is 11.3 Å². The Labute approximate surface area is 151 Å². The van der Waals surface area contributed by atoms with E-state index >= 15 is 0 Å². The number of nitriles is 1. The standard InChI is InChI=1S/C17H17N5O3S/c1-22(14-6-7-26(24,25)10-14)16-8-15(19-11-20-16)17(23)21-13-4-2-12(9-18)3-5-13/h2-5,8,11,14H,6-7,10H2,1H3,(H,21,23). The van der Waals surface area contributed by atoms with Crippen LogP contribution in [0.2, 0.25) is 0 Å². The molecule has 0 radical (unpaired) electrons. The van der Waals surface area contributed by atoms with Gasteiger partial charge in [0, 0.05) is 24.8 Å². The molecule has 0 aliphatic carbocycles. The van der Waals surface area contributed by atoms with Gasteiger partial charge in [-0.05, 0) is 30.7 Å². The second kappa shape index (κ2) is 7.09. The summed E-state index contributed by atoms with van der Waals surface area (Å²) in [5.41, 5.74) is 1.22. The van der Waals surface area contributed by atoms with E-state index in [0.717, 1.165) is 0 Å². The average Bonchev–Trinajstić information content (AvgIpc) is 3.01. The van der Waals surface area contributed by atoms with Crippen molar-refractivity contribution in [2.45, 2.75) is 12.5 Å². The molecule has 1 amide bonds. The van der Waals surface area contributed by atoms with Gasteiger partial charge in [0.05, 0.1) is 23.1 Å². The molecule has 1 fully saturated rings. The summed E-state index contributed by atoms with van der Waals surface area (Å²) in [5, 5.41) is 11.5. The van der Waals surface area contributed by atoms with Gasteiger partial charge in [-0.25, -0.2) is 18.4 Å². The molecule has 8 nitrogen and oxygen atoms in total. The Morgan fingerprint density at radius 1 is 1.31 bits per heavy atom. The third-order valence-corrected chi connectivity index (χ3v) is 6.02. The molecule has 1 unspecified atom stereocenters. The molecule has 1 N–H and O–H groups in total. The second-order valence-electron chi connectivity index (χ2n) is 6.07. The molecule has 134 valence electrons. The first-order valence-electron chi connectivity index (χ1n) is 7.95. The first kappa shape index (κ1) is 17.8. The molecule has 1 aromatic carbocycles. The van der Waals surface area contributed by atoms with Crippen molar-refractivity contribution in [3.05, 3.63) is 47.9 Å². The highest BCUT2D eigenvalue weighted by Gasteiger charge is 2.31. The van der Waals surface area contributed by atoms with Crippen molar-refractivity contribution < 1.29 is 13.2 Å². The zero-order valence-electron chi connectivity index (χ0n) is 14.1. The van der Waals surface area contributed by atoms with E-state index in [2.05, 4.69) is 15.3 Å². The van der Waals surface area contributed by atoms with Gasteiger partial charge in [0.15, 0.2) is 9.84 Å². The average molecular weight is 371 g/mol. The number of carbonyl (C=O) groups is 1. The van der Waals surface area contributed by atoms with Crippen LogP contribution in [0.3, 0.4) is 0 Å². The third-order valence-electron chi connectivity index (χ3n) is 4.27. The minimum absolute atomic E-state index is 0.0836. The molecule has 2 aromatic rings. The summed E-state index contributed by atoms with van der Waals surface area (Å²) in [5.74, 6) is 0.331. The van der Waals surface area contributed by atoms with E-state index in [4.69, 9.17) is 5.26 Å². The highest BCUT2D eigenvalue weighted by Crippen LogP contribution is 2.21. The molecule has 0 bridgehead atoms. The number of aromatic nitrogens is 2. The number of anilines is 2. The Bertz CT molecular complexity index is 967. The maximum absolute atomic E-state index is 12.4. The highest BCUT2D eigenvalue weighted by molar-refractivity contribution is 7.91. The van der Waals surface area contributed by atoms with Crippen LogP contribution in [-0.2, 0) is 9.84 Å². The van der Waals surface area contributed by atoms with Crippen LogP contribution in [0.4, 0.5) is 11.5 Å². The normalized spacial score (nSPS) is 18.1. The second-order valence-corrected chi connectivity index (χ2v) is 8.30. The summed E-state index contributed by atoms with van der Waals surface area (Å²) in [4.78, 5) is 22.3. The summed E-state index contributed by atoms with van der Waals surface area (Å²) in [6.07, 6.45) is 1.82. The van der Waals surface area contributed by atoms with Gasteiger partial charge in [0.25, 0.3) is 5.91 Å². The molecule has 1 aliphatic heterocycles. The van der Waals surface area contributed by atoms with Crippen molar-refractivity contribution in [3.8, 4) is 6.07 Å². The summed E-state index contributed by atoms with van der Waals surface area (Å²) in [6, 6.07) is 9.86. The molecule has 3 rings (SSSR count). The molecular formula is C17H17N5O3S. The molecule has 0 spiro atoms. The van der Waals surface area contributed by atoms with Gasteiger partial charge in [-0.2, -0.15) is 5.26 Å². The van der Waals surface area contributed by atoms with E-state index in [1.807, 2.05) is 6.07 Å². The van der Waals surface area contributed by atoms with Crippen LogP contribution in [0.25, 0.3) is 0 Å². The van der Waals surface area contributed by atoms with Gasteiger partial charge in [-0.15, -0.1) is 0 Å². The van der Waals surface area contributed by atoms with Crippen molar-refractivity contribution in [2.75, 3.05) is 28.8 Å². The molecule has 26 heavy (non-hydrogen) atoms. The van der Waals surface area contributed by atoms with Gasteiger partial charge in [0.1, 0.15) is 17.8 Å². The van der Waals surface area contributed by atoms with E-state index in [1.165, 1.54) is 12.4 Å². The van der Waals surface area contributed by atoms with Crippen LogP contribution in [0.5, 0.6) is 0 Å². The van der Waals surface area contributed by atoms with Crippen LogP contribution >= 0.6 is 0 Å². The number of sulfone groups is 1. The molecule has 1 atom stereocenters. The summed E-state index contributed by atoms with van der Waals surface area (Å²) < 4.78 is 23.3. The summed E-state index contributed by atoms with van der Waals surface area (Å²) >= 11 is 0. The largest absolute Gasteiger partial charge is 0.356 e. The number of benzene rings is 1. The van der Waals surface area contributed by atoms with Gasteiger partial charge < -0.3 is 10.2 Å². The zero-order chi connectivity index (χ0) is 18.7. The van der Waals surface area contributed by atoms with Gasteiger partial charge >= 0.3 is 0 Å². The van der Waals surface area contributed by atoms with Crippen LogP contribution in [0.15, 0.2) is 36.7 Å². The van der Waals surface area contributed by atoms with E-state index < -0.39 is 15.7 Å². The first-order chi connectivity index (χ1) is 12.4. The third kappa shape index (κ3) is 3.97. The van der Waals surface area contributed by atoms with Crippen molar-refractivity contribution in [1.29, 1.82) is 5.26 Å². The summed E-state index contributed by atoms with van der Waals surface area (Å²) in [6.45, 7) is 0. The number of rotatable bonds is 4. The highest BCUT2D eigenvalue weighted by atomic mass is 32.2. The van der Waals surface area contributed by atoms with Crippen molar-refractivity contribution in [3.63, 3.8) is 0 Å². The Hall–Kier alpha value is -2.99. The quantitative estimate of drug-likeness (QED) is 0.859. The lowest BCUT2D eigenvalue weighted by Crippen LogP contribution is -2.33. The topological polar surface area (TPSA) is 116 Å². The predicted octanol–water partition coefficient (Wildman–Crippen LogP) is 1.22. The Morgan fingerprint density at radius 3 is 2.65 bits per heavy atom. The SMILES string of the molecule is CN(c1cc(C(=O)Nc2ccc(C#N)cc2)ncn1)C1CCS(=O)(=O)C1. The zero-order valence-corrected chi connectivity index (χ0v) is 14.9. The minimum Gasteiger partial charge on any atom is -0.356 e. The number of amides is 1. The van der Waals surface area contributed by atoms with Crippen molar-refractivity contribution in [2.24, 2.45) is 0 Å². The van der Waals surface area contributed by atoms with E-state index in [0.29, 0.717) is 23.5 Å². The van der Waals surface area contributed by atoms with Crippen molar-refractivity contribution in [1.82, 2.24) is 9.97 Å².